The normalized spacial score (nSPS) is 16.5. The highest BCUT2D eigenvalue weighted by Gasteiger charge is 2.38. The number of aliphatic hydroxyl groups is 1. The van der Waals surface area contributed by atoms with E-state index < -0.39 is 12.1 Å². The number of thiophene rings is 1. The predicted octanol–water partition coefficient (Wildman–Crippen LogP) is 6.39. The number of carbonyl (C=O) groups excluding carboxylic acids is 2. The molecule has 0 saturated carbocycles. The summed E-state index contributed by atoms with van der Waals surface area (Å²) in [6.45, 7) is 4.23. The van der Waals surface area contributed by atoms with Gasteiger partial charge >= 0.3 is 6.03 Å². The number of aliphatic hydroxyl groups excluding tert-OH is 1. The van der Waals surface area contributed by atoms with Crippen molar-refractivity contribution in [1.82, 2.24) is 5.32 Å². The highest BCUT2D eigenvalue weighted by molar-refractivity contribution is 7.11. The van der Waals surface area contributed by atoms with Crippen molar-refractivity contribution < 1.29 is 14.7 Å². The van der Waals surface area contributed by atoms with Gasteiger partial charge in [0.25, 0.3) is 5.91 Å². The van der Waals surface area contributed by atoms with Crippen molar-refractivity contribution in [3.05, 3.63) is 51.7 Å². The van der Waals surface area contributed by atoms with Crippen LogP contribution in [0.3, 0.4) is 0 Å². The van der Waals surface area contributed by atoms with Crippen molar-refractivity contribution >= 4 is 29.0 Å². The van der Waals surface area contributed by atoms with Crippen LogP contribution >= 0.6 is 11.3 Å². The summed E-state index contributed by atoms with van der Waals surface area (Å²) in [5.74, 6) is -0.235. The number of benzene rings is 1. The lowest BCUT2D eigenvalue weighted by Crippen LogP contribution is -2.35. The Morgan fingerprint density at radius 3 is 2.39 bits per heavy atom. The molecule has 31 heavy (non-hydrogen) atoms. The number of aryl methyl sites for hydroxylation is 2. The van der Waals surface area contributed by atoms with Crippen LogP contribution in [0.25, 0.3) is 0 Å². The van der Waals surface area contributed by atoms with Crippen LogP contribution < -0.4 is 10.2 Å². The van der Waals surface area contributed by atoms with Gasteiger partial charge in [0.2, 0.25) is 0 Å². The van der Waals surface area contributed by atoms with Gasteiger partial charge in [-0.2, -0.15) is 0 Å². The summed E-state index contributed by atoms with van der Waals surface area (Å²) in [7, 11) is 0. The maximum absolute atomic E-state index is 12.4. The summed E-state index contributed by atoms with van der Waals surface area (Å²) in [4.78, 5) is 28.8. The Morgan fingerprint density at radius 1 is 1.06 bits per heavy atom. The zero-order valence-corrected chi connectivity index (χ0v) is 18.0. The van der Waals surface area contributed by atoms with Crippen molar-refractivity contribution in [3.63, 3.8) is 0 Å². The predicted molar refractivity (Wildman–Crippen MR) is 131 cm³/mol. The topological polar surface area (TPSA) is 69.6 Å². The Labute approximate surface area is 191 Å². The first-order chi connectivity index (χ1) is 14.0. The molecule has 0 aliphatic carbocycles. The van der Waals surface area contributed by atoms with E-state index in [1.165, 1.54) is 9.75 Å². The second kappa shape index (κ2) is 12.6. The van der Waals surface area contributed by atoms with E-state index in [9.17, 15) is 14.7 Å². The number of anilines is 1. The number of unbranched alkanes of at least 4 members (excludes halogenated alkanes) is 2. The first-order valence-electron chi connectivity index (χ1n) is 10.5. The van der Waals surface area contributed by atoms with Crippen molar-refractivity contribution in [2.45, 2.75) is 85.8 Å². The zero-order chi connectivity index (χ0) is 20.8. The number of urea groups is 1. The molecule has 1 aromatic carbocycles. The van der Waals surface area contributed by atoms with E-state index in [1.807, 2.05) is 24.3 Å². The van der Waals surface area contributed by atoms with Crippen molar-refractivity contribution in [3.8, 4) is 0 Å². The van der Waals surface area contributed by atoms with Crippen LogP contribution in [0.1, 0.15) is 81.7 Å². The molecule has 3 rings (SSSR count). The van der Waals surface area contributed by atoms with Gasteiger partial charge in [-0.1, -0.05) is 53.2 Å². The molecule has 2 atom stereocenters. The molecular formula is C25H38N2O3S. The van der Waals surface area contributed by atoms with E-state index in [1.54, 1.807) is 16.2 Å². The molecule has 6 heteroatoms. The summed E-state index contributed by atoms with van der Waals surface area (Å²) in [5, 5.41) is 12.8. The number of hydrogen-bond acceptors (Lipinski definition) is 4. The van der Waals surface area contributed by atoms with Gasteiger partial charge in [0.05, 0.1) is 6.10 Å². The SMILES string of the molecule is C.C.CCCCCC(O)c1ccc(N2C(=O)NC(=O)C2CCCc2ccc(C)s2)cc1. The van der Waals surface area contributed by atoms with Gasteiger partial charge < -0.3 is 5.11 Å². The quantitative estimate of drug-likeness (QED) is 0.328. The molecule has 1 aliphatic rings. The molecule has 3 amide bonds. The molecule has 0 spiro atoms. The summed E-state index contributed by atoms with van der Waals surface area (Å²) in [5.41, 5.74) is 1.54. The molecule has 2 heterocycles. The lowest BCUT2D eigenvalue weighted by molar-refractivity contribution is -0.120. The third-order valence-corrected chi connectivity index (χ3v) is 6.46. The molecule has 5 nitrogen and oxygen atoms in total. The molecular weight excluding hydrogens is 408 g/mol. The lowest BCUT2D eigenvalue weighted by atomic mass is 10.0. The summed E-state index contributed by atoms with van der Waals surface area (Å²) >= 11 is 1.78. The van der Waals surface area contributed by atoms with Crippen LogP contribution in [-0.4, -0.2) is 23.1 Å². The Kier molecular flexibility index (Phi) is 10.9. The fraction of sp³-hybridized carbons (Fsp3) is 0.520. The number of hydrogen-bond donors (Lipinski definition) is 2. The van der Waals surface area contributed by atoms with Gasteiger partial charge in [-0.05, 0) is 62.4 Å². The van der Waals surface area contributed by atoms with Crippen LogP contribution in [0.4, 0.5) is 10.5 Å². The standard InChI is InChI=1S/C23H30N2O3S.2CH4/c1-3-4-5-9-21(26)17-11-13-18(14-12-17)25-20(22(27)24-23(25)28)8-6-7-19-15-10-16(2)29-19;;/h10-15,20-21,26H,3-9H2,1-2H3,(H,24,27,28);2*1H4. The van der Waals surface area contributed by atoms with E-state index in [0.29, 0.717) is 12.1 Å². The summed E-state index contributed by atoms with van der Waals surface area (Å²) in [6, 6.07) is 10.7. The van der Waals surface area contributed by atoms with E-state index >= 15 is 0 Å². The van der Waals surface area contributed by atoms with Gasteiger partial charge in [-0.3, -0.25) is 15.0 Å². The third-order valence-electron chi connectivity index (χ3n) is 5.40. The summed E-state index contributed by atoms with van der Waals surface area (Å²) < 4.78 is 0. The third kappa shape index (κ3) is 6.91. The minimum atomic E-state index is -0.491. The highest BCUT2D eigenvalue weighted by Crippen LogP contribution is 2.28. The Balaban J connectivity index is 0.00000240. The van der Waals surface area contributed by atoms with Crippen molar-refractivity contribution in [2.24, 2.45) is 0 Å². The average Bonchev–Trinajstić information content (AvgIpc) is 3.24. The fourth-order valence-electron chi connectivity index (χ4n) is 3.77. The smallest absolute Gasteiger partial charge is 0.329 e. The van der Waals surface area contributed by atoms with Crippen molar-refractivity contribution in [1.29, 1.82) is 0 Å². The first-order valence-corrected chi connectivity index (χ1v) is 11.3. The maximum atomic E-state index is 12.4. The van der Waals surface area contributed by atoms with E-state index in [4.69, 9.17) is 0 Å². The number of amides is 3. The molecule has 1 aliphatic heterocycles. The van der Waals surface area contributed by atoms with Crippen LogP contribution in [0.2, 0.25) is 0 Å². The summed E-state index contributed by atoms with van der Waals surface area (Å²) in [6.07, 6.45) is 5.85. The number of nitrogens with zero attached hydrogens (tertiary/aromatic N) is 1. The Hall–Kier alpha value is -2.18. The van der Waals surface area contributed by atoms with Gasteiger partial charge in [0, 0.05) is 15.4 Å². The Bertz CT molecular complexity index is 832. The lowest BCUT2D eigenvalue weighted by Gasteiger charge is -2.22. The van der Waals surface area contributed by atoms with Crippen LogP contribution in [-0.2, 0) is 11.2 Å². The van der Waals surface area contributed by atoms with Gasteiger partial charge in [0.1, 0.15) is 6.04 Å². The van der Waals surface area contributed by atoms with Crippen LogP contribution in [0.5, 0.6) is 0 Å². The second-order valence-corrected chi connectivity index (χ2v) is 9.06. The van der Waals surface area contributed by atoms with Gasteiger partial charge in [-0.25, -0.2) is 4.79 Å². The van der Waals surface area contributed by atoms with Gasteiger partial charge in [0.15, 0.2) is 0 Å². The number of nitrogens with one attached hydrogen (secondary N) is 1. The highest BCUT2D eigenvalue weighted by atomic mass is 32.1. The molecule has 172 valence electrons. The Morgan fingerprint density at radius 2 is 1.77 bits per heavy atom. The zero-order valence-electron chi connectivity index (χ0n) is 17.2. The fourth-order valence-corrected chi connectivity index (χ4v) is 4.70. The molecule has 1 aromatic heterocycles. The molecule has 0 bridgehead atoms. The molecule has 2 unspecified atom stereocenters. The first kappa shape index (κ1) is 26.9. The average molecular weight is 447 g/mol. The maximum Gasteiger partial charge on any atom is 0.329 e. The number of imide groups is 1. The monoisotopic (exact) mass is 446 g/mol. The molecule has 2 aromatic rings. The van der Waals surface area contributed by atoms with Gasteiger partial charge in [-0.15, -0.1) is 11.3 Å². The largest absolute Gasteiger partial charge is 0.388 e. The second-order valence-electron chi connectivity index (χ2n) is 7.69. The molecule has 1 saturated heterocycles. The van der Waals surface area contributed by atoms with E-state index in [2.05, 4.69) is 31.3 Å². The number of rotatable bonds is 10. The molecule has 1 fully saturated rings. The number of carbonyl (C=O) groups is 2. The van der Waals surface area contributed by atoms with Crippen LogP contribution in [0.15, 0.2) is 36.4 Å². The van der Waals surface area contributed by atoms with Crippen LogP contribution in [0, 0.1) is 6.92 Å². The van der Waals surface area contributed by atoms with E-state index in [-0.39, 0.29) is 26.8 Å². The van der Waals surface area contributed by atoms with Crippen molar-refractivity contribution in [2.75, 3.05) is 4.90 Å². The minimum Gasteiger partial charge on any atom is -0.388 e. The molecule has 2 N–H and O–H groups in total. The minimum absolute atomic E-state index is 0. The molecule has 0 radical (unpaired) electrons. The van der Waals surface area contributed by atoms with E-state index in [0.717, 1.165) is 44.1 Å².